The molecular weight excluding hydrogens is 252 g/mol. The van der Waals surface area contributed by atoms with Crippen LogP contribution in [0.5, 0.6) is 0 Å². The maximum atomic E-state index is 11.8. The molecule has 1 amide bonds. The van der Waals surface area contributed by atoms with Gasteiger partial charge in [0.05, 0.1) is 6.61 Å². The topological polar surface area (TPSA) is 55.6 Å². The minimum atomic E-state index is 0. The first-order valence-corrected chi connectivity index (χ1v) is 6.78. The molecule has 0 aromatic carbocycles. The van der Waals surface area contributed by atoms with Gasteiger partial charge in [-0.05, 0) is 44.4 Å². The summed E-state index contributed by atoms with van der Waals surface area (Å²) in [7, 11) is 0. The van der Waals surface area contributed by atoms with Crippen molar-refractivity contribution in [3.05, 3.63) is 0 Å². The summed E-state index contributed by atoms with van der Waals surface area (Å²) in [6, 6.07) is 0.248. The van der Waals surface area contributed by atoms with Gasteiger partial charge in [0.15, 0.2) is 0 Å². The number of carbonyl (C=O) groups is 1. The number of piperidine rings is 1. The molecule has 1 unspecified atom stereocenters. The van der Waals surface area contributed by atoms with Crippen LogP contribution in [-0.4, -0.2) is 43.2 Å². The Kier molecular flexibility index (Phi) is 6.39. The summed E-state index contributed by atoms with van der Waals surface area (Å²) in [5, 5.41) is 0. The van der Waals surface area contributed by atoms with E-state index in [1.54, 1.807) is 0 Å². The zero-order valence-corrected chi connectivity index (χ0v) is 12.0. The van der Waals surface area contributed by atoms with Crippen LogP contribution < -0.4 is 5.73 Å². The van der Waals surface area contributed by atoms with Gasteiger partial charge in [-0.15, -0.1) is 12.4 Å². The molecule has 2 N–H and O–H groups in total. The molecule has 0 aromatic rings. The summed E-state index contributed by atoms with van der Waals surface area (Å²) in [5.41, 5.74) is 5.88. The Bertz CT molecular complexity index is 262. The molecule has 1 aliphatic carbocycles. The third-order valence-corrected chi connectivity index (χ3v) is 3.91. The summed E-state index contributed by atoms with van der Waals surface area (Å²) < 4.78 is 5.43. The minimum absolute atomic E-state index is 0. The monoisotopic (exact) mass is 276 g/mol. The number of likely N-dealkylation sites (tertiary alicyclic amines) is 1. The Morgan fingerprint density at radius 3 is 2.44 bits per heavy atom. The molecule has 2 rings (SSSR count). The molecule has 1 heterocycles. The number of carbonyl (C=O) groups excluding carboxylic acids is 1. The fourth-order valence-corrected chi connectivity index (χ4v) is 2.36. The third kappa shape index (κ3) is 4.75. The highest BCUT2D eigenvalue weighted by Gasteiger charge is 2.26. The van der Waals surface area contributed by atoms with E-state index in [-0.39, 0.29) is 31.0 Å². The van der Waals surface area contributed by atoms with Gasteiger partial charge in [-0.2, -0.15) is 0 Å². The average molecular weight is 277 g/mol. The van der Waals surface area contributed by atoms with Crippen LogP contribution in [0.1, 0.15) is 32.6 Å². The quantitative estimate of drug-likeness (QED) is 0.826. The van der Waals surface area contributed by atoms with Crippen LogP contribution in [0.15, 0.2) is 0 Å². The van der Waals surface area contributed by atoms with Crippen molar-refractivity contribution in [3.8, 4) is 0 Å². The van der Waals surface area contributed by atoms with Crippen molar-refractivity contribution in [1.82, 2.24) is 4.90 Å². The number of nitrogens with two attached hydrogens (primary N) is 1. The lowest BCUT2D eigenvalue weighted by molar-refractivity contribution is -0.137. The minimum Gasteiger partial charge on any atom is -0.371 e. The van der Waals surface area contributed by atoms with E-state index in [1.165, 1.54) is 12.8 Å². The van der Waals surface area contributed by atoms with Crippen molar-refractivity contribution < 1.29 is 9.53 Å². The zero-order chi connectivity index (χ0) is 12.3. The SMILES string of the molecule is CC(N)C1CCN(C(=O)COCC2CC2)CC1.Cl. The van der Waals surface area contributed by atoms with E-state index in [9.17, 15) is 4.79 Å². The number of amides is 1. The fourth-order valence-electron chi connectivity index (χ4n) is 2.36. The number of rotatable bonds is 5. The number of halogens is 1. The van der Waals surface area contributed by atoms with E-state index in [4.69, 9.17) is 10.5 Å². The van der Waals surface area contributed by atoms with Crippen LogP contribution in [0.25, 0.3) is 0 Å². The molecule has 1 atom stereocenters. The van der Waals surface area contributed by atoms with Gasteiger partial charge >= 0.3 is 0 Å². The average Bonchev–Trinajstić information content (AvgIpc) is 3.13. The molecule has 18 heavy (non-hydrogen) atoms. The van der Waals surface area contributed by atoms with Crippen molar-refractivity contribution in [1.29, 1.82) is 0 Å². The van der Waals surface area contributed by atoms with Gasteiger partial charge in [-0.25, -0.2) is 0 Å². The van der Waals surface area contributed by atoms with Crippen LogP contribution in [0.2, 0.25) is 0 Å². The van der Waals surface area contributed by atoms with E-state index in [0.29, 0.717) is 5.92 Å². The summed E-state index contributed by atoms with van der Waals surface area (Å²) in [6.45, 7) is 4.78. The molecule has 0 aromatic heterocycles. The predicted octanol–water partition coefficient (Wildman–Crippen LogP) is 1.42. The lowest BCUT2D eigenvalue weighted by Crippen LogP contribution is -2.43. The van der Waals surface area contributed by atoms with Crippen molar-refractivity contribution >= 4 is 18.3 Å². The van der Waals surface area contributed by atoms with Gasteiger partial charge < -0.3 is 15.4 Å². The summed E-state index contributed by atoms with van der Waals surface area (Å²) in [5.74, 6) is 1.45. The Hall–Kier alpha value is -0.320. The lowest BCUT2D eigenvalue weighted by Gasteiger charge is -2.33. The maximum absolute atomic E-state index is 11.8. The van der Waals surface area contributed by atoms with E-state index in [2.05, 4.69) is 6.92 Å². The summed E-state index contributed by atoms with van der Waals surface area (Å²) in [6.07, 6.45) is 4.61. The molecule has 0 radical (unpaired) electrons. The fraction of sp³-hybridized carbons (Fsp3) is 0.923. The largest absolute Gasteiger partial charge is 0.371 e. The highest BCUT2D eigenvalue weighted by Crippen LogP contribution is 2.28. The van der Waals surface area contributed by atoms with E-state index in [0.717, 1.165) is 38.5 Å². The first-order valence-electron chi connectivity index (χ1n) is 6.78. The van der Waals surface area contributed by atoms with Gasteiger partial charge in [-0.3, -0.25) is 4.79 Å². The normalized spacial score (nSPS) is 22.4. The standard InChI is InChI=1S/C13H24N2O2.ClH/c1-10(14)12-4-6-15(7-5-12)13(16)9-17-8-11-2-3-11;/h10-12H,2-9,14H2,1H3;1H. The van der Waals surface area contributed by atoms with Crippen LogP contribution >= 0.6 is 12.4 Å². The van der Waals surface area contributed by atoms with Crippen LogP contribution in [0.3, 0.4) is 0 Å². The Morgan fingerprint density at radius 1 is 1.33 bits per heavy atom. The van der Waals surface area contributed by atoms with E-state index >= 15 is 0 Å². The number of nitrogens with zero attached hydrogens (tertiary/aromatic N) is 1. The first-order chi connectivity index (χ1) is 8.16. The zero-order valence-electron chi connectivity index (χ0n) is 11.1. The summed E-state index contributed by atoms with van der Waals surface area (Å²) >= 11 is 0. The van der Waals surface area contributed by atoms with Crippen molar-refractivity contribution in [2.75, 3.05) is 26.3 Å². The summed E-state index contributed by atoms with van der Waals surface area (Å²) in [4.78, 5) is 13.8. The smallest absolute Gasteiger partial charge is 0.248 e. The number of ether oxygens (including phenoxy) is 1. The number of hydrogen-bond donors (Lipinski definition) is 1. The van der Waals surface area contributed by atoms with Crippen LogP contribution in [0.4, 0.5) is 0 Å². The molecule has 4 nitrogen and oxygen atoms in total. The van der Waals surface area contributed by atoms with Gasteiger partial charge in [0.2, 0.25) is 5.91 Å². The molecule has 106 valence electrons. The highest BCUT2D eigenvalue weighted by molar-refractivity contribution is 5.85. The Balaban J connectivity index is 0.00000162. The third-order valence-electron chi connectivity index (χ3n) is 3.91. The first kappa shape index (κ1) is 15.7. The van der Waals surface area contributed by atoms with Gasteiger partial charge in [0, 0.05) is 19.1 Å². The number of hydrogen-bond acceptors (Lipinski definition) is 3. The molecule has 0 spiro atoms. The molecule has 2 aliphatic rings. The second kappa shape index (κ2) is 7.31. The molecule has 2 fully saturated rings. The molecule has 0 bridgehead atoms. The Morgan fingerprint density at radius 2 is 1.94 bits per heavy atom. The molecule has 5 heteroatoms. The maximum Gasteiger partial charge on any atom is 0.248 e. The molecular formula is C13H25ClN2O2. The molecule has 1 saturated heterocycles. The molecule has 1 aliphatic heterocycles. The predicted molar refractivity (Wildman–Crippen MR) is 73.7 cm³/mol. The van der Waals surface area contributed by atoms with Gasteiger partial charge in [-0.1, -0.05) is 0 Å². The second-order valence-electron chi connectivity index (χ2n) is 5.54. The van der Waals surface area contributed by atoms with Crippen molar-refractivity contribution in [3.63, 3.8) is 0 Å². The Labute approximate surface area is 116 Å². The van der Waals surface area contributed by atoms with E-state index in [1.807, 2.05) is 4.90 Å². The van der Waals surface area contributed by atoms with Crippen molar-refractivity contribution in [2.45, 2.75) is 38.6 Å². The van der Waals surface area contributed by atoms with Crippen molar-refractivity contribution in [2.24, 2.45) is 17.6 Å². The van der Waals surface area contributed by atoms with Gasteiger partial charge in [0.1, 0.15) is 6.61 Å². The van der Waals surface area contributed by atoms with Crippen LogP contribution in [-0.2, 0) is 9.53 Å². The lowest BCUT2D eigenvalue weighted by atomic mass is 9.91. The van der Waals surface area contributed by atoms with E-state index < -0.39 is 0 Å². The van der Waals surface area contributed by atoms with Crippen LogP contribution in [0, 0.1) is 11.8 Å². The van der Waals surface area contributed by atoms with Gasteiger partial charge in [0.25, 0.3) is 0 Å². The molecule has 1 saturated carbocycles. The highest BCUT2D eigenvalue weighted by atomic mass is 35.5. The second-order valence-corrected chi connectivity index (χ2v) is 5.54.